The van der Waals surface area contributed by atoms with Crippen LogP contribution in [0.25, 0.3) is 0 Å². The van der Waals surface area contributed by atoms with Gasteiger partial charge < -0.3 is 15.6 Å². The molecule has 1 aliphatic rings. The maximum absolute atomic E-state index is 13.4. The zero-order valence-corrected chi connectivity index (χ0v) is 10.5. The highest BCUT2D eigenvalue weighted by Gasteiger charge is 2.29. The average molecular weight is 273 g/mol. The number of nitrogens with two attached hydrogens (primary N) is 1. The molecule has 0 unspecified atom stereocenters. The van der Waals surface area contributed by atoms with Gasteiger partial charge in [-0.25, -0.2) is 4.39 Å². The predicted molar refractivity (Wildman–Crippen MR) is 70.4 cm³/mol. The summed E-state index contributed by atoms with van der Waals surface area (Å²) in [5.74, 6) is -0.987. The molecule has 0 radical (unpaired) electrons. The van der Waals surface area contributed by atoms with Gasteiger partial charge in [0.05, 0.1) is 18.1 Å². The minimum Gasteiger partial charge on any atom is -0.507 e. The first-order valence-corrected chi connectivity index (χ1v) is 6.12. The fourth-order valence-electron chi connectivity index (χ4n) is 2.48. The van der Waals surface area contributed by atoms with E-state index in [1.165, 1.54) is 18.2 Å². The molecule has 0 aromatic heterocycles. The summed E-state index contributed by atoms with van der Waals surface area (Å²) in [7, 11) is 0. The molecule has 2 aromatic rings. The van der Waals surface area contributed by atoms with E-state index < -0.39 is 5.91 Å². The molecule has 1 amide bonds. The van der Waals surface area contributed by atoms with Gasteiger partial charge in [0.1, 0.15) is 17.3 Å². The molecule has 1 heterocycles. The van der Waals surface area contributed by atoms with Crippen molar-refractivity contribution in [2.45, 2.75) is 5.92 Å². The van der Waals surface area contributed by atoms with Crippen molar-refractivity contribution in [3.63, 3.8) is 0 Å². The van der Waals surface area contributed by atoms with Crippen LogP contribution in [0, 0.1) is 5.82 Å². The van der Waals surface area contributed by atoms with E-state index >= 15 is 0 Å². The Bertz CT molecular complexity index is 700. The molecule has 1 atom stereocenters. The Hall–Kier alpha value is -2.56. The molecule has 4 nitrogen and oxygen atoms in total. The van der Waals surface area contributed by atoms with Gasteiger partial charge in [-0.05, 0) is 24.3 Å². The Labute approximate surface area is 114 Å². The van der Waals surface area contributed by atoms with E-state index in [0.717, 1.165) is 0 Å². The first kappa shape index (κ1) is 12.5. The molecular formula is C15H12FNO3. The highest BCUT2D eigenvalue weighted by Crippen LogP contribution is 2.42. The van der Waals surface area contributed by atoms with E-state index in [0.29, 0.717) is 16.9 Å². The summed E-state index contributed by atoms with van der Waals surface area (Å²) >= 11 is 0. The molecule has 2 aromatic carbocycles. The molecule has 0 saturated carbocycles. The number of carbonyl (C=O) groups excluding carboxylic acids is 1. The molecule has 0 bridgehead atoms. The van der Waals surface area contributed by atoms with E-state index in [2.05, 4.69) is 0 Å². The third-order valence-corrected chi connectivity index (χ3v) is 3.46. The van der Waals surface area contributed by atoms with Crippen LogP contribution in [-0.4, -0.2) is 17.6 Å². The van der Waals surface area contributed by atoms with Crippen LogP contribution in [0.4, 0.5) is 4.39 Å². The van der Waals surface area contributed by atoms with Crippen molar-refractivity contribution in [3.8, 4) is 11.5 Å². The number of primary amides is 1. The zero-order chi connectivity index (χ0) is 14.3. The summed E-state index contributed by atoms with van der Waals surface area (Å²) < 4.78 is 18.8. The number of rotatable bonds is 2. The third kappa shape index (κ3) is 1.87. The number of fused-ring (bicyclic) bond motifs is 1. The largest absolute Gasteiger partial charge is 0.507 e. The topological polar surface area (TPSA) is 72.6 Å². The van der Waals surface area contributed by atoms with Gasteiger partial charge in [0.2, 0.25) is 0 Å². The van der Waals surface area contributed by atoms with E-state index in [-0.39, 0.29) is 29.7 Å². The molecule has 1 aliphatic heterocycles. The van der Waals surface area contributed by atoms with Gasteiger partial charge in [-0.15, -0.1) is 0 Å². The fourth-order valence-corrected chi connectivity index (χ4v) is 2.48. The lowest BCUT2D eigenvalue weighted by molar-refractivity contribution is 0.0997. The van der Waals surface area contributed by atoms with E-state index in [1.54, 1.807) is 18.2 Å². The maximum Gasteiger partial charge on any atom is 0.252 e. The Morgan fingerprint density at radius 1 is 1.30 bits per heavy atom. The standard InChI is InChI=1S/C15H12FNO3/c16-8-4-5-13-11(6-8)12(7-20-13)9-2-1-3-10(14(9)18)15(17)19/h1-6,12,18H,7H2,(H2,17,19)/t12-/m0/s1. The molecule has 20 heavy (non-hydrogen) atoms. The molecule has 0 fully saturated rings. The first-order valence-electron chi connectivity index (χ1n) is 6.12. The van der Waals surface area contributed by atoms with Gasteiger partial charge in [0, 0.05) is 11.1 Å². The number of phenols is 1. The number of benzene rings is 2. The van der Waals surface area contributed by atoms with E-state index in [4.69, 9.17) is 10.5 Å². The number of ether oxygens (including phenoxy) is 1. The van der Waals surface area contributed by atoms with Gasteiger partial charge in [0.15, 0.2) is 0 Å². The summed E-state index contributed by atoms with van der Waals surface area (Å²) in [6.45, 7) is 0.286. The smallest absolute Gasteiger partial charge is 0.252 e. The quantitative estimate of drug-likeness (QED) is 0.880. The van der Waals surface area contributed by atoms with Crippen LogP contribution >= 0.6 is 0 Å². The number of amides is 1. The van der Waals surface area contributed by atoms with Crippen molar-refractivity contribution >= 4 is 5.91 Å². The van der Waals surface area contributed by atoms with E-state index in [9.17, 15) is 14.3 Å². The Balaban J connectivity index is 2.11. The lowest BCUT2D eigenvalue weighted by Gasteiger charge is -2.13. The van der Waals surface area contributed by atoms with Crippen molar-refractivity contribution in [1.82, 2.24) is 0 Å². The van der Waals surface area contributed by atoms with Crippen molar-refractivity contribution < 1.29 is 19.0 Å². The first-order chi connectivity index (χ1) is 9.58. The Kier molecular flexibility index (Phi) is 2.82. The maximum atomic E-state index is 13.4. The highest BCUT2D eigenvalue weighted by atomic mass is 19.1. The number of hydrogen-bond acceptors (Lipinski definition) is 3. The number of para-hydroxylation sites is 1. The molecule has 0 aliphatic carbocycles. The molecule has 102 valence electrons. The third-order valence-electron chi connectivity index (χ3n) is 3.46. The monoisotopic (exact) mass is 273 g/mol. The van der Waals surface area contributed by atoms with Crippen LogP contribution in [0.15, 0.2) is 36.4 Å². The molecule has 0 saturated heterocycles. The van der Waals surface area contributed by atoms with Crippen molar-refractivity contribution in [2.24, 2.45) is 5.73 Å². The van der Waals surface area contributed by atoms with Crippen molar-refractivity contribution in [2.75, 3.05) is 6.61 Å². The normalized spacial score (nSPS) is 16.6. The molecule has 3 rings (SSSR count). The summed E-state index contributed by atoms with van der Waals surface area (Å²) in [6, 6.07) is 9.01. The van der Waals surface area contributed by atoms with Gasteiger partial charge in [-0.1, -0.05) is 12.1 Å². The van der Waals surface area contributed by atoms with E-state index in [1.807, 2.05) is 0 Å². The SMILES string of the molecule is NC(=O)c1cccc([C@@H]2COc3ccc(F)cc32)c1O. The van der Waals surface area contributed by atoms with Gasteiger partial charge in [0.25, 0.3) is 5.91 Å². The Morgan fingerprint density at radius 3 is 2.85 bits per heavy atom. The number of halogens is 1. The van der Waals surface area contributed by atoms with Crippen LogP contribution in [0.2, 0.25) is 0 Å². The summed E-state index contributed by atoms with van der Waals surface area (Å²) in [5.41, 5.74) is 6.42. The highest BCUT2D eigenvalue weighted by molar-refractivity contribution is 5.96. The van der Waals surface area contributed by atoms with Crippen LogP contribution < -0.4 is 10.5 Å². The van der Waals surface area contributed by atoms with Crippen LogP contribution in [0.3, 0.4) is 0 Å². The molecule has 3 N–H and O–H groups in total. The number of hydrogen-bond donors (Lipinski definition) is 2. The second kappa shape index (κ2) is 4.52. The average Bonchev–Trinajstić information content (AvgIpc) is 2.81. The van der Waals surface area contributed by atoms with Crippen molar-refractivity contribution in [1.29, 1.82) is 0 Å². The van der Waals surface area contributed by atoms with Gasteiger partial charge >= 0.3 is 0 Å². The molecular weight excluding hydrogens is 261 g/mol. The zero-order valence-electron chi connectivity index (χ0n) is 10.5. The Morgan fingerprint density at radius 2 is 2.10 bits per heavy atom. The molecule has 0 spiro atoms. The number of aromatic hydroxyl groups is 1. The summed E-state index contributed by atoms with van der Waals surface area (Å²) in [5, 5.41) is 10.2. The van der Waals surface area contributed by atoms with Crippen LogP contribution in [0.5, 0.6) is 11.5 Å². The van der Waals surface area contributed by atoms with Crippen LogP contribution in [0.1, 0.15) is 27.4 Å². The predicted octanol–water partition coefficient (Wildman–Crippen LogP) is 2.15. The van der Waals surface area contributed by atoms with Gasteiger partial charge in [-0.3, -0.25) is 4.79 Å². The summed E-state index contributed by atoms with van der Waals surface area (Å²) in [4.78, 5) is 11.3. The van der Waals surface area contributed by atoms with Crippen molar-refractivity contribution in [3.05, 3.63) is 58.9 Å². The lowest BCUT2D eigenvalue weighted by Crippen LogP contribution is -2.13. The van der Waals surface area contributed by atoms with Gasteiger partial charge in [-0.2, -0.15) is 0 Å². The van der Waals surface area contributed by atoms with Crippen LogP contribution in [-0.2, 0) is 0 Å². The molecule has 5 heteroatoms. The fraction of sp³-hybridized carbons (Fsp3) is 0.133. The number of carbonyl (C=O) groups is 1. The minimum absolute atomic E-state index is 0.0485. The summed E-state index contributed by atoms with van der Waals surface area (Å²) in [6.07, 6.45) is 0. The minimum atomic E-state index is -0.706. The second-order valence-corrected chi connectivity index (χ2v) is 4.65. The lowest BCUT2D eigenvalue weighted by atomic mass is 9.91. The second-order valence-electron chi connectivity index (χ2n) is 4.65.